The van der Waals surface area contributed by atoms with Crippen LogP contribution in [0.25, 0.3) is 5.82 Å². The molecule has 3 N–H and O–H groups in total. The van der Waals surface area contributed by atoms with Gasteiger partial charge in [-0.1, -0.05) is 6.07 Å². The molecule has 16 heavy (non-hydrogen) atoms. The molecule has 2 aromatic heterocycles. The number of rotatable bonds is 3. The highest BCUT2D eigenvalue weighted by atomic mass is 16.2. The van der Waals surface area contributed by atoms with E-state index in [2.05, 4.69) is 20.5 Å². The maximum Gasteiger partial charge on any atom is 0.241 e. The Balaban J connectivity index is 2.29. The van der Waals surface area contributed by atoms with Gasteiger partial charge in [-0.3, -0.25) is 10.2 Å². The molecule has 0 aliphatic heterocycles. The van der Waals surface area contributed by atoms with E-state index in [1.165, 1.54) is 4.68 Å². The third kappa shape index (κ3) is 2.01. The Kier molecular flexibility index (Phi) is 2.83. The van der Waals surface area contributed by atoms with Gasteiger partial charge >= 0.3 is 0 Å². The van der Waals surface area contributed by atoms with Crippen LogP contribution < -0.4 is 11.3 Å². The summed E-state index contributed by atoms with van der Waals surface area (Å²) in [5, 5.41) is 11.0. The summed E-state index contributed by atoms with van der Waals surface area (Å²) in [5.74, 6) is 5.54. The van der Waals surface area contributed by atoms with E-state index in [9.17, 15) is 4.79 Å². The lowest BCUT2D eigenvalue weighted by molar-refractivity contribution is -0.120. The smallest absolute Gasteiger partial charge is 0.241 e. The molecule has 0 aliphatic rings. The maximum atomic E-state index is 11.1. The first-order valence-corrected chi connectivity index (χ1v) is 4.49. The lowest BCUT2D eigenvalue weighted by Gasteiger charge is -2.01. The maximum absolute atomic E-state index is 11.1. The first-order chi connectivity index (χ1) is 7.81. The van der Waals surface area contributed by atoms with Gasteiger partial charge in [0.15, 0.2) is 11.6 Å². The highest BCUT2D eigenvalue weighted by Crippen LogP contribution is 2.03. The van der Waals surface area contributed by atoms with E-state index in [4.69, 9.17) is 5.84 Å². The van der Waals surface area contributed by atoms with E-state index in [1.54, 1.807) is 24.4 Å². The summed E-state index contributed by atoms with van der Waals surface area (Å²) in [6.45, 7) is 0. The molecule has 0 bridgehead atoms. The van der Waals surface area contributed by atoms with Gasteiger partial charge in [-0.05, 0) is 22.6 Å². The molecule has 2 rings (SSSR count). The number of carbonyl (C=O) groups is 1. The van der Waals surface area contributed by atoms with Crippen LogP contribution in [-0.2, 0) is 11.2 Å². The monoisotopic (exact) mass is 219 g/mol. The van der Waals surface area contributed by atoms with Crippen molar-refractivity contribution in [3.05, 3.63) is 30.2 Å². The molecule has 0 saturated carbocycles. The number of hydrogen-bond acceptors (Lipinski definition) is 6. The van der Waals surface area contributed by atoms with Crippen LogP contribution in [-0.4, -0.2) is 31.1 Å². The zero-order valence-corrected chi connectivity index (χ0v) is 8.24. The number of pyridine rings is 1. The number of nitrogens with one attached hydrogen (secondary N) is 1. The Morgan fingerprint density at radius 1 is 1.50 bits per heavy atom. The van der Waals surface area contributed by atoms with Gasteiger partial charge in [0, 0.05) is 6.20 Å². The predicted molar refractivity (Wildman–Crippen MR) is 53.0 cm³/mol. The van der Waals surface area contributed by atoms with Crippen molar-refractivity contribution in [3.8, 4) is 5.82 Å². The number of aromatic nitrogens is 5. The average molecular weight is 219 g/mol. The second-order valence-electron chi connectivity index (χ2n) is 2.94. The Hall–Kier alpha value is -2.35. The Morgan fingerprint density at radius 2 is 2.38 bits per heavy atom. The summed E-state index contributed by atoms with van der Waals surface area (Å²) in [4.78, 5) is 15.2. The normalized spacial score (nSPS) is 10.1. The van der Waals surface area contributed by atoms with Gasteiger partial charge in [-0.25, -0.2) is 10.8 Å². The van der Waals surface area contributed by atoms with E-state index in [1.807, 2.05) is 5.43 Å². The summed E-state index contributed by atoms with van der Waals surface area (Å²) in [7, 11) is 0. The summed E-state index contributed by atoms with van der Waals surface area (Å²) < 4.78 is 1.38. The molecule has 8 nitrogen and oxygen atoms in total. The van der Waals surface area contributed by atoms with Crippen molar-refractivity contribution < 1.29 is 4.79 Å². The molecule has 0 aromatic carbocycles. The molecule has 0 fully saturated rings. The van der Waals surface area contributed by atoms with Crippen LogP contribution >= 0.6 is 0 Å². The number of nitrogens with two attached hydrogens (primary N) is 1. The quantitative estimate of drug-likeness (QED) is 0.372. The fourth-order valence-electron chi connectivity index (χ4n) is 1.17. The zero-order valence-electron chi connectivity index (χ0n) is 8.24. The van der Waals surface area contributed by atoms with Gasteiger partial charge in [-0.2, -0.15) is 4.68 Å². The van der Waals surface area contributed by atoms with Gasteiger partial charge in [0.25, 0.3) is 0 Å². The number of tetrazole rings is 1. The Morgan fingerprint density at radius 3 is 3.06 bits per heavy atom. The van der Waals surface area contributed by atoms with Crippen molar-refractivity contribution in [1.29, 1.82) is 0 Å². The number of hydrazine groups is 1. The molecule has 0 radical (unpaired) electrons. The average Bonchev–Trinajstić information content (AvgIpc) is 2.78. The lowest BCUT2D eigenvalue weighted by Crippen LogP contribution is -2.32. The van der Waals surface area contributed by atoms with Crippen LogP contribution in [0.5, 0.6) is 0 Å². The molecule has 0 atom stereocenters. The summed E-state index contributed by atoms with van der Waals surface area (Å²) in [6.07, 6.45) is 1.61. The van der Waals surface area contributed by atoms with Crippen LogP contribution in [0.15, 0.2) is 24.4 Å². The second-order valence-corrected chi connectivity index (χ2v) is 2.94. The van der Waals surface area contributed by atoms with Crippen molar-refractivity contribution >= 4 is 5.91 Å². The van der Waals surface area contributed by atoms with Crippen LogP contribution in [0.2, 0.25) is 0 Å². The van der Waals surface area contributed by atoms with E-state index in [-0.39, 0.29) is 12.3 Å². The van der Waals surface area contributed by atoms with E-state index >= 15 is 0 Å². The van der Waals surface area contributed by atoms with E-state index in [0.29, 0.717) is 11.6 Å². The van der Waals surface area contributed by atoms with Crippen LogP contribution in [0.3, 0.4) is 0 Å². The molecular weight excluding hydrogens is 210 g/mol. The summed E-state index contributed by atoms with van der Waals surface area (Å²) in [5.41, 5.74) is 2.01. The first kappa shape index (κ1) is 10.2. The number of nitrogens with zero attached hydrogens (tertiary/aromatic N) is 5. The third-order valence-electron chi connectivity index (χ3n) is 1.88. The van der Waals surface area contributed by atoms with Gasteiger partial charge in [0.1, 0.15) is 0 Å². The topological polar surface area (TPSA) is 112 Å². The highest BCUT2D eigenvalue weighted by Gasteiger charge is 2.12. The molecule has 0 unspecified atom stereocenters. The minimum atomic E-state index is -0.369. The molecule has 2 heterocycles. The Labute approximate surface area is 90.4 Å². The van der Waals surface area contributed by atoms with Crippen molar-refractivity contribution in [2.75, 3.05) is 0 Å². The second kappa shape index (κ2) is 4.45. The molecule has 0 saturated heterocycles. The minimum absolute atomic E-state index is 0.0000737. The number of carbonyl (C=O) groups excluding carboxylic acids is 1. The summed E-state index contributed by atoms with van der Waals surface area (Å²) in [6, 6.07) is 5.32. The molecule has 1 amide bonds. The minimum Gasteiger partial charge on any atom is -0.294 e. The lowest BCUT2D eigenvalue weighted by atomic mass is 10.4. The Bertz CT molecular complexity index is 480. The fourth-order valence-corrected chi connectivity index (χ4v) is 1.17. The highest BCUT2D eigenvalue weighted by molar-refractivity contribution is 5.77. The van der Waals surface area contributed by atoms with Gasteiger partial charge < -0.3 is 0 Å². The van der Waals surface area contributed by atoms with Crippen LogP contribution in [0.1, 0.15) is 5.82 Å². The molecule has 8 heteroatoms. The molecule has 2 aromatic rings. The van der Waals surface area contributed by atoms with Crippen molar-refractivity contribution in [2.24, 2.45) is 5.84 Å². The van der Waals surface area contributed by atoms with Crippen molar-refractivity contribution in [2.45, 2.75) is 6.42 Å². The predicted octanol–water partition coefficient (Wildman–Crippen LogP) is -1.41. The zero-order chi connectivity index (χ0) is 11.4. The summed E-state index contributed by atoms with van der Waals surface area (Å²) >= 11 is 0. The van der Waals surface area contributed by atoms with Gasteiger partial charge in [0.2, 0.25) is 5.91 Å². The largest absolute Gasteiger partial charge is 0.294 e. The van der Waals surface area contributed by atoms with Gasteiger partial charge in [-0.15, -0.1) is 5.10 Å². The van der Waals surface area contributed by atoms with Gasteiger partial charge in [0.05, 0.1) is 6.42 Å². The van der Waals surface area contributed by atoms with Crippen molar-refractivity contribution in [3.63, 3.8) is 0 Å². The SMILES string of the molecule is NNC(=O)Cc1nnnn1-c1ccccn1. The van der Waals surface area contributed by atoms with E-state index < -0.39 is 0 Å². The van der Waals surface area contributed by atoms with Crippen molar-refractivity contribution in [1.82, 2.24) is 30.6 Å². The molecular formula is C8H9N7O. The van der Waals surface area contributed by atoms with Crippen LogP contribution in [0, 0.1) is 0 Å². The molecule has 0 aliphatic carbocycles. The number of amides is 1. The molecule has 0 spiro atoms. The number of hydrogen-bond donors (Lipinski definition) is 2. The molecule has 82 valence electrons. The standard InChI is InChI=1S/C8H9N7O/c9-11-8(16)5-7-12-13-14-15(7)6-3-1-2-4-10-6/h1-4H,5,9H2,(H,11,16). The van der Waals surface area contributed by atoms with E-state index in [0.717, 1.165) is 0 Å². The fraction of sp³-hybridized carbons (Fsp3) is 0.125. The first-order valence-electron chi connectivity index (χ1n) is 4.49. The van der Waals surface area contributed by atoms with Crippen LogP contribution in [0.4, 0.5) is 0 Å². The third-order valence-corrected chi connectivity index (χ3v) is 1.88.